The minimum atomic E-state index is 0.102. The molecule has 6 nitrogen and oxygen atoms in total. The molecule has 6 heteroatoms. The molecule has 0 N–H and O–H groups in total. The summed E-state index contributed by atoms with van der Waals surface area (Å²) in [4.78, 5) is 11.2. The molecule has 0 aromatic carbocycles. The Morgan fingerprint density at radius 2 is 2.36 bits per heavy atom. The third kappa shape index (κ3) is 0.789. The minimum absolute atomic E-state index is 0.102. The zero-order valence-corrected chi connectivity index (χ0v) is 5.34. The molecule has 0 radical (unpaired) electrons. The smallest absolute Gasteiger partial charge is 0.207 e. The first kappa shape index (κ1) is 5.73. The molecule has 0 unspecified atom stereocenters. The van der Waals surface area contributed by atoms with Gasteiger partial charge in [0.1, 0.15) is 18.7 Å². The van der Waals surface area contributed by atoms with Crippen molar-refractivity contribution in [3.8, 4) is 6.07 Å². The van der Waals surface area contributed by atoms with Crippen molar-refractivity contribution in [2.45, 2.75) is 0 Å². The van der Waals surface area contributed by atoms with Crippen LogP contribution in [0.5, 0.6) is 0 Å². The number of aromatic nitrogens is 5. The van der Waals surface area contributed by atoms with Gasteiger partial charge in [0.15, 0.2) is 0 Å². The molecule has 2 rings (SSSR count). The van der Waals surface area contributed by atoms with Gasteiger partial charge in [0.05, 0.1) is 0 Å². The Bertz CT molecular complexity index is 424. The molecule has 0 aliphatic rings. The molecule has 2 aromatic heterocycles. The van der Waals surface area contributed by atoms with Gasteiger partial charge in [-0.2, -0.15) is 24.8 Å². The number of nitriles is 1. The van der Waals surface area contributed by atoms with Crippen LogP contribution in [0, 0.1) is 11.3 Å². The van der Waals surface area contributed by atoms with Crippen molar-refractivity contribution in [1.29, 1.82) is 5.26 Å². The molecule has 0 bridgehead atoms. The van der Waals surface area contributed by atoms with Gasteiger partial charge in [-0.15, -0.1) is 0 Å². The third-order valence-corrected chi connectivity index (χ3v) is 1.15. The minimum Gasteiger partial charge on any atom is -0.207 e. The van der Waals surface area contributed by atoms with E-state index in [2.05, 4.69) is 20.1 Å². The van der Waals surface area contributed by atoms with E-state index in [0.29, 0.717) is 5.78 Å². The molecule has 11 heavy (non-hydrogen) atoms. The Balaban J connectivity index is 2.79. The highest BCUT2D eigenvalue weighted by Crippen LogP contribution is 1.90. The summed E-state index contributed by atoms with van der Waals surface area (Å²) in [6, 6.07) is 1.81. The molecule has 0 aliphatic heterocycles. The molecule has 0 atom stereocenters. The van der Waals surface area contributed by atoms with Gasteiger partial charge in [-0.05, 0) is 0 Å². The first-order valence-electron chi connectivity index (χ1n) is 2.82. The van der Waals surface area contributed by atoms with Crippen LogP contribution in [0.3, 0.4) is 0 Å². The molecular weight excluding hydrogens is 144 g/mol. The van der Waals surface area contributed by atoms with Gasteiger partial charge in [-0.3, -0.25) is 0 Å². The summed E-state index contributed by atoms with van der Waals surface area (Å²) in [6.45, 7) is 0. The predicted octanol–water partition coefficient (Wildman–Crippen LogP) is -0.609. The van der Waals surface area contributed by atoms with Gasteiger partial charge >= 0.3 is 0 Å². The molecule has 0 amide bonds. The van der Waals surface area contributed by atoms with E-state index < -0.39 is 0 Å². The molecule has 2 heterocycles. The van der Waals surface area contributed by atoms with Crippen LogP contribution in [-0.4, -0.2) is 24.6 Å². The van der Waals surface area contributed by atoms with E-state index in [1.54, 1.807) is 6.07 Å². The first-order chi connectivity index (χ1) is 5.40. The number of fused-ring (bicyclic) bond motifs is 1. The molecule has 0 spiro atoms. The standard InChI is InChI=1S/C5H2N6/c6-1-4-8-3-11-5(10-4)7-2-9-11/h2-3H. The lowest BCUT2D eigenvalue weighted by Crippen LogP contribution is -1.96. The number of hydrogen-bond acceptors (Lipinski definition) is 5. The van der Waals surface area contributed by atoms with Crippen LogP contribution in [0.2, 0.25) is 0 Å². The second-order valence-electron chi connectivity index (χ2n) is 1.80. The lowest BCUT2D eigenvalue weighted by atomic mass is 10.7. The van der Waals surface area contributed by atoms with Crippen LogP contribution < -0.4 is 0 Å². The summed E-state index contributed by atoms with van der Waals surface area (Å²) in [6.07, 6.45) is 2.75. The maximum absolute atomic E-state index is 8.40. The largest absolute Gasteiger partial charge is 0.256 e. The summed E-state index contributed by atoms with van der Waals surface area (Å²) in [5, 5.41) is 12.2. The lowest BCUT2D eigenvalue weighted by Gasteiger charge is -1.87. The maximum atomic E-state index is 8.40. The Morgan fingerprint density at radius 3 is 3.18 bits per heavy atom. The van der Waals surface area contributed by atoms with Gasteiger partial charge in [-0.25, -0.2) is 4.98 Å². The molecule has 52 valence electrons. The fourth-order valence-electron chi connectivity index (χ4n) is 0.692. The average Bonchev–Trinajstić information content (AvgIpc) is 2.50. The van der Waals surface area contributed by atoms with Gasteiger partial charge in [-0.1, -0.05) is 0 Å². The van der Waals surface area contributed by atoms with Crippen LogP contribution in [0.4, 0.5) is 0 Å². The third-order valence-electron chi connectivity index (χ3n) is 1.15. The van der Waals surface area contributed by atoms with Crippen LogP contribution in [0.25, 0.3) is 5.78 Å². The monoisotopic (exact) mass is 146 g/mol. The van der Waals surface area contributed by atoms with E-state index in [9.17, 15) is 0 Å². The van der Waals surface area contributed by atoms with Gasteiger partial charge in [0, 0.05) is 0 Å². The number of rotatable bonds is 0. The van der Waals surface area contributed by atoms with Crippen molar-refractivity contribution in [1.82, 2.24) is 24.6 Å². The topological polar surface area (TPSA) is 79.8 Å². The highest BCUT2D eigenvalue weighted by molar-refractivity contribution is 5.26. The van der Waals surface area contributed by atoms with Crippen molar-refractivity contribution in [3.05, 3.63) is 18.5 Å². The highest BCUT2D eigenvalue weighted by atomic mass is 15.3. The SMILES string of the molecule is N#Cc1ncn2ncnc2n1. The average molecular weight is 146 g/mol. The van der Waals surface area contributed by atoms with Crippen molar-refractivity contribution in [3.63, 3.8) is 0 Å². The highest BCUT2D eigenvalue weighted by Gasteiger charge is 1.97. The summed E-state index contributed by atoms with van der Waals surface area (Å²) < 4.78 is 1.39. The zero-order valence-electron chi connectivity index (χ0n) is 5.34. The lowest BCUT2D eigenvalue weighted by molar-refractivity contribution is 0.881. The second-order valence-corrected chi connectivity index (χ2v) is 1.80. The van der Waals surface area contributed by atoms with E-state index in [1.165, 1.54) is 17.2 Å². The Hall–Kier alpha value is -2.03. The van der Waals surface area contributed by atoms with Gasteiger partial charge in [0.25, 0.3) is 5.78 Å². The summed E-state index contributed by atoms with van der Waals surface area (Å²) in [7, 11) is 0. The van der Waals surface area contributed by atoms with Crippen LogP contribution in [0.15, 0.2) is 12.7 Å². The van der Waals surface area contributed by atoms with E-state index in [1.807, 2.05) is 0 Å². The summed E-state index contributed by atoms with van der Waals surface area (Å²) in [5.74, 6) is 0.488. The van der Waals surface area contributed by atoms with E-state index in [4.69, 9.17) is 5.26 Å². The van der Waals surface area contributed by atoms with Crippen molar-refractivity contribution in [2.24, 2.45) is 0 Å². The normalized spacial score (nSPS) is 9.73. The first-order valence-corrected chi connectivity index (χ1v) is 2.82. The summed E-state index contributed by atoms with van der Waals surface area (Å²) >= 11 is 0. The van der Waals surface area contributed by atoms with Crippen molar-refractivity contribution in [2.75, 3.05) is 0 Å². The fourth-order valence-corrected chi connectivity index (χ4v) is 0.692. The van der Waals surface area contributed by atoms with Crippen LogP contribution in [0.1, 0.15) is 5.82 Å². The van der Waals surface area contributed by atoms with Crippen molar-refractivity contribution >= 4 is 5.78 Å². The molecule has 0 saturated carbocycles. The Labute approximate surface area is 61.2 Å². The number of nitrogens with zero attached hydrogens (tertiary/aromatic N) is 6. The molecular formula is C5H2N6. The van der Waals surface area contributed by atoms with Gasteiger partial charge < -0.3 is 0 Å². The number of hydrogen-bond donors (Lipinski definition) is 0. The van der Waals surface area contributed by atoms with Crippen molar-refractivity contribution < 1.29 is 0 Å². The quantitative estimate of drug-likeness (QED) is 0.495. The fraction of sp³-hybridized carbons (Fsp3) is 0. The van der Waals surface area contributed by atoms with E-state index in [-0.39, 0.29) is 5.82 Å². The summed E-state index contributed by atoms with van der Waals surface area (Å²) in [5.41, 5.74) is 0. The molecule has 0 aliphatic carbocycles. The van der Waals surface area contributed by atoms with E-state index in [0.717, 1.165) is 0 Å². The van der Waals surface area contributed by atoms with Crippen LogP contribution in [-0.2, 0) is 0 Å². The maximum Gasteiger partial charge on any atom is 0.256 e. The second kappa shape index (κ2) is 1.98. The van der Waals surface area contributed by atoms with E-state index >= 15 is 0 Å². The predicted molar refractivity (Wildman–Crippen MR) is 33.3 cm³/mol. The molecule has 2 aromatic rings. The molecule has 0 saturated heterocycles. The Kier molecular flexibility index (Phi) is 1.03. The molecule has 0 fully saturated rings. The Morgan fingerprint density at radius 1 is 1.45 bits per heavy atom. The van der Waals surface area contributed by atoms with Crippen LogP contribution >= 0.6 is 0 Å². The zero-order chi connectivity index (χ0) is 7.68. The van der Waals surface area contributed by atoms with Gasteiger partial charge in [0.2, 0.25) is 5.82 Å².